The van der Waals surface area contributed by atoms with Gasteiger partial charge in [-0.15, -0.1) is 0 Å². The number of rotatable bonds is 34. The first-order valence-corrected chi connectivity index (χ1v) is 40.4. The number of carbonyl (C=O) groups excluding carboxylic acids is 2. The number of aryl methyl sites for hydroxylation is 5. The monoisotopic (exact) mass is 1670 g/mol. The molecule has 4 saturated heterocycles. The number of aromatic amines is 4. The van der Waals surface area contributed by atoms with Crippen molar-refractivity contribution in [1.82, 2.24) is 42.8 Å². The van der Waals surface area contributed by atoms with Crippen molar-refractivity contribution in [3.05, 3.63) is 245 Å². The number of methoxy groups -OCH3 is 2. The van der Waals surface area contributed by atoms with E-state index < -0.39 is 213 Å². The molecule has 44 heteroatoms. The summed E-state index contributed by atoms with van der Waals surface area (Å²) in [6.07, 6.45) is -11.1. The van der Waals surface area contributed by atoms with Crippen molar-refractivity contribution in [2.45, 2.75) is 152 Å². The van der Waals surface area contributed by atoms with Crippen LogP contribution in [0, 0.1) is 27.7 Å². The van der Waals surface area contributed by atoms with Gasteiger partial charge in [0.1, 0.15) is 130 Å². The van der Waals surface area contributed by atoms with E-state index in [1.54, 1.807) is 102 Å². The van der Waals surface area contributed by atoms with E-state index in [4.69, 9.17) is 69.8 Å². The highest BCUT2D eigenvalue weighted by Crippen LogP contribution is 2.56. The first-order chi connectivity index (χ1) is 54.7. The third-order valence-corrected chi connectivity index (χ3v) is 22.5. The number of benzene rings is 3. The van der Waals surface area contributed by atoms with Gasteiger partial charge in [0.25, 0.3) is 22.2 Å². The zero-order valence-electron chi connectivity index (χ0n) is 62.8. The summed E-state index contributed by atoms with van der Waals surface area (Å²) in [5.41, 5.74) is -6.45. The number of carbonyl (C=O) groups is 2. The van der Waals surface area contributed by atoms with Crippen molar-refractivity contribution in [1.29, 1.82) is 0 Å². The van der Waals surface area contributed by atoms with Crippen molar-refractivity contribution in [3.63, 3.8) is 0 Å². The van der Waals surface area contributed by atoms with E-state index in [0.717, 1.165) is 30.7 Å². The van der Waals surface area contributed by atoms with E-state index in [2.05, 4.69) is 19.9 Å². The molecule has 9 heterocycles. The molecule has 41 nitrogen and oxygen atoms in total. The highest BCUT2D eigenvalue weighted by Gasteiger charge is 2.52. The minimum absolute atomic E-state index is 0.000840. The first kappa shape index (κ1) is 85.0. The normalized spacial score (nSPS) is 23.8. The lowest BCUT2D eigenvalue weighted by Crippen LogP contribution is -2.38. The van der Waals surface area contributed by atoms with Gasteiger partial charge in [-0.1, -0.05) is 54.6 Å². The van der Waals surface area contributed by atoms with E-state index in [1.165, 1.54) is 54.3 Å². The molecule has 5 aromatic heterocycles. The summed E-state index contributed by atoms with van der Waals surface area (Å²) in [6, 6.07) is 23.1. The van der Waals surface area contributed by atoms with Gasteiger partial charge < -0.3 is 57.3 Å². The number of hydrogen-bond donors (Lipinski definition) is 7. The third kappa shape index (κ3) is 20.5. The average Bonchev–Trinajstić information content (AvgIpc) is 1.29. The Morgan fingerprint density at radius 1 is 0.548 bits per heavy atom. The predicted molar refractivity (Wildman–Crippen MR) is 393 cm³/mol. The number of nitrogens with one attached hydrogen (secondary N) is 4. The Bertz CT molecular complexity index is 5310. The van der Waals surface area contributed by atoms with Gasteiger partial charge in [-0.3, -0.25) is 76.0 Å². The molecule has 7 N–H and O–H groups in total. The predicted octanol–water partition coefficient (Wildman–Crippen LogP) is 0.524. The number of nitrogens with zero attached hydrogens (tertiary/aromatic N) is 6. The number of phosphoric ester groups is 3. The number of aromatic nitrogens is 10. The molecule has 3 aromatic carbocycles. The molecule has 0 bridgehead atoms. The molecular weight excluding hydrogens is 1580 g/mol. The second kappa shape index (κ2) is 36.0. The fourth-order valence-corrected chi connectivity index (χ4v) is 16.4. The summed E-state index contributed by atoms with van der Waals surface area (Å²) in [5, 5.41) is 0. The maximum atomic E-state index is 14.7. The number of H-pyrrole nitrogens is 4. The molecule has 3 unspecified atom stereocenters. The van der Waals surface area contributed by atoms with Crippen molar-refractivity contribution in [3.8, 4) is 11.5 Å². The summed E-state index contributed by atoms with van der Waals surface area (Å²) in [7, 11) is -11.8. The van der Waals surface area contributed by atoms with Crippen LogP contribution in [0.3, 0.4) is 0 Å². The van der Waals surface area contributed by atoms with E-state index >= 15 is 0 Å². The largest absolute Gasteiger partial charge is 0.606 e. The second-order valence-corrected chi connectivity index (χ2v) is 31.7. The summed E-state index contributed by atoms with van der Waals surface area (Å²) in [4.78, 5) is 202. The Kier molecular flexibility index (Phi) is 26.6. The van der Waals surface area contributed by atoms with E-state index in [0.29, 0.717) is 34.7 Å². The van der Waals surface area contributed by atoms with Gasteiger partial charge >= 0.3 is 58.9 Å². The molecule has 115 heavy (non-hydrogen) atoms. The van der Waals surface area contributed by atoms with Crippen molar-refractivity contribution >= 4 is 36.1 Å². The molecule has 4 aliphatic heterocycles. The quantitative estimate of drug-likeness (QED) is 0.0125. The Labute approximate surface area is 651 Å². The molecule has 8 aromatic rings. The Balaban J connectivity index is 0.765. The summed E-state index contributed by atoms with van der Waals surface area (Å²) in [6.45, 7) is 2.29. The smallest absolute Gasteiger partial charge is 0.472 e. The molecule has 0 saturated carbocycles. The molecule has 4 fully saturated rings. The maximum Gasteiger partial charge on any atom is 0.472 e. The van der Waals surface area contributed by atoms with Crippen LogP contribution in [0.15, 0.2) is 161 Å². The number of imidazole rings is 1. The van der Waals surface area contributed by atoms with Gasteiger partial charge in [-0.2, -0.15) is 27.9 Å². The standard InChI is InChI=1S/C71H83N10O31P3/c1-40-31-78(67(88)72-63(40)84)57-27-49(109-62(83)22-21-61(82)100-26-25-77-24-23-76(5)39-77)54(106-57)36-102-113(92,93)111-51-29-59(80-33-42(3)65(86)74-69(80)90)108-56(51)38-104-115(96,97)112-52-30-60(81-34-43(4)66(87)75-70(81)91)107-55(52)37-103-114(94,95)110-50-28-58(79-32-41(2)64(85)73-68(79)89)105-53(50)35-101-71(44-11-9-8-10-12-44,45-13-17-47(98-6)18-14-45)46-15-19-48(99-7)20-16-46/h8-20,23-24,31-34,39,49-60H,21-22,25-30,35-38H2,1-7H3,(H6-,72,73,74,75,84,85,86,87,88,89,90,91,92,93,94,95,96,97)/p+1/t49-,50-,51-,52-,53+,54+,55+,56+,57+,58+,59+,60+/m0/s1. The minimum Gasteiger partial charge on any atom is -0.606 e. The fourth-order valence-electron chi connectivity index (χ4n) is 13.5. The highest BCUT2D eigenvalue weighted by atomic mass is 31.2. The molecule has 0 spiro atoms. The SMILES string of the molecule is COc1ccc(C(OC[C@H]2O[C@@H](n3cc(C)c(=O)[nH]c3=O)C[C@@H]2OP(=O)(O)OC[C@H]2O[C@@H](n3cc(C)c(=O)[nH]c3=O)C[C@@H]2O[P+]([O-])(O)OC[C@H]2O[C@@H](n3cc(C)c(=O)[nH]c3=O)C[C@@H]2O[P+]([O-])(O)OC[C@H]2O[C@@H](n3cc(C)c(=O)[nH]c3=O)C[C@@H]2OC(=O)CCC(=O)OCCn2cc[n+](C)c2)(c2ccccc2)c2ccc(OC)cc2)cc1. The molecule has 15 atom stereocenters. The van der Waals surface area contributed by atoms with Crippen LogP contribution in [-0.4, -0.2) is 165 Å². The maximum absolute atomic E-state index is 14.7. The van der Waals surface area contributed by atoms with Gasteiger partial charge in [0.15, 0.2) is 0 Å². The number of ether oxygens (including phenoxy) is 9. The van der Waals surface area contributed by atoms with E-state index in [9.17, 15) is 77.0 Å². The van der Waals surface area contributed by atoms with Crippen LogP contribution in [0.1, 0.15) is 102 Å². The third-order valence-electron chi connectivity index (χ3n) is 19.4. The number of phosphoric acid groups is 3. The Hall–Kier alpha value is -9.42. The van der Waals surface area contributed by atoms with Crippen molar-refractivity contribution < 1.29 is 113 Å². The molecule has 12 rings (SSSR count). The van der Waals surface area contributed by atoms with E-state index in [1.807, 2.05) is 12.1 Å². The summed E-state index contributed by atoms with van der Waals surface area (Å²) in [5.74, 6) is -0.658. The van der Waals surface area contributed by atoms with Gasteiger partial charge in [-0.05, 0) is 68.7 Å². The minimum atomic E-state index is -5.61. The van der Waals surface area contributed by atoms with Crippen molar-refractivity contribution in [2.24, 2.45) is 7.05 Å². The molecule has 0 aliphatic carbocycles. The molecule has 0 amide bonds. The average molecular weight is 1670 g/mol. The summed E-state index contributed by atoms with van der Waals surface area (Å²) < 4.78 is 110. The van der Waals surface area contributed by atoms with E-state index in [-0.39, 0.29) is 41.7 Å². The number of hydrogen-bond acceptors (Lipinski definition) is 30. The van der Waals surface area contributed by atoms with Gasteiger partial charge in [-0.25, -0.2) is 32.9 Å². The topological polar surface area (TPSA) is 525 Å². The van der Waals surface area contributed by atoms with Crippen LogP contribution in [0.25, 0.3) is 0 Å². The Morgan fingerprint density at radius 3 is 1.35 bits per heavy atom. The zero-order valence-corrected chi connectivity index (χ0v) is 65.4. The Morgan fingerprint density at radius 2 is 0.930 bits per heavy atom. The zero-order chi connectivity index (χ0) is 82.4. The van der Waals surface area contributed by atoms with Gasteiger partial charge in [0.2, 0.25) is 6.33 Å². The summed E-state index contributed by atoms with van der Waals surface area (Å²) >= 11 is 0. The lowest BCUT2D eigenvalue weighted by molar-refractivity contribution is -0.671. The van der Waals surface area contributed by atoms with Crippen LogP contribution in [0.2, 0.25) is 0 Å². The lowest BCUT2D eigenvalue weighted by atomic mass is 9.80. The van der Waals surface area contributed by atoms with Crippen LogP contribution in [0.5, 0.6) is 11.5 Å². The molecule has 4 aliphatic rings. The molecular formula is C71H84N10O31P3+. The van der Waals surface area contributed by atoms with Crippen LogP contribution in [0.4, 0.5) is 0 Å². The van der Waals surface area contributed by atoms with Gasteiger partial charge in [0.05, 0.1) is 47.3 Å². The van der Waals surface area contributed by atoms with Crippen LogP contribution < -0.4 is 68.8 Å². The van der Waals surface area contributed by atoms with Gasteiger partial charge in [0, 0.05) is 72.7 Å². The highest BCUT2D eigenvalue weighted by molar-refractivity contribution is 7.53. The first-order valence-electron chi connectivity index (χ1n) is 35.9. The van der Waals surface area contributed by atoms with Crippen LogP contribution >= 0.6 is 24.2 Å². The molecule has 0 radical (unpaired) electrons. The lowest BCUT2D eigenvalue weighted by Gasteiger charge is -2.37. The number of esters is 2. The van der Waals surface area contributed by atoms with Crippen LogP contribution in [-0.2, 0) is 93.6 Å². The van der Waals surface area contributed by atoms with Crippen molar-refractivity contribution in [2.75, 3.05) is 47.3 Å². The fraction of sp³-hybridized carbons (Fsp3) is 0.451. The second-order valence-electron chi connectivity index (χ2n) is 27.5. The molecule has 618 valence electrons.